The van der Waals surface area contributed by atoms with E-state index in [9.17, 15) is 4.79 Å². The number of carbonyl (C=O) groups is 1. The molecule has 0 aliphatic heterocycles. The second-order valence-electron chi connectivity index (χ2n) is 6.35. The minimum absolute atomic E-state index is 0.103. The molecule has 6 nitrogen and oxygen atoms in total. The van der Waals surface area contributed by atoms with E-state index < -0.39 is 5.97 Å². The summed E-state index contributed by atoms with van der Waals surface area (Å²) in [6, 6.07) is 5.97. The maximum absolute atomic E-state index is 11.0. The number of pyridine rings is 1. The Labute approximate surface area is 162 Å². The lowest BCUT2D eigenvalue weighted by Crippen LogP contribution is -2.10. The first-order valence-corrected chi connectivity index (χ1v) is 9.27. The smallest absolute Gasteiger partial charge is 0.303 e. The number of methoxy groups -OCH3 is 1. The van der Waals surface area contributed by atoms with Gasteiger partial charge in [0.15, 0.2) is 0 Å². The molecular formula is C20H22ClN3O3. The number of carboxylic acid groups (broad SMARTS) is 1. The number of hydrogen-bond donors (Lipinski definition) is 1. The first-order chi connectivity index (χ1) is 13.0. The van der Waals surface area contributed by atoms with Crippen molar-refractivity contribution >= 4 is 23.1 Å². The third-order valence-corrected chi connectivity index (χ3v) is 4.72. The van der Waals surface area contributed by atoms with E-state index in [0.29, 0.717) is 24.5 Å². The van der Waals surface area contributed by atoms with Gasteiger partial charge in [0.05, 0.1) is 22.8 Å². The zero-order chi connectivity index (χ0) is 19.4. The quantitative estimate of drug-likeness (QED) is 0.627. The summed E-state index contributed by atoms with van der Waals surface area (Å²) in [5.41, 5.74) is 5.71. The molecule has 3 aromatic heterocycles. The summed E-state index contributed by atoms with van der Waals surface area (Å²) in [5, 5.41) is 14.4. The third-order valence-electron chi connectivity index (χ3n) is 4.52. The maximum Gasteiger partial charge on any atom is 0.303 e. The Morgan fingerprint density at radius 2 is 2.15 bits per heavy atom. The molecule has 7 heteroatoms. The highest BCUT2D eigenvalue weighted by Crippen LogP contribution is 2.33. The van der Waals surface area contributed by atoms with Crippen LogP contribution in [0, 0.1) is 0 Å². The molecule has 0 aliphatic carbocycles. The van der Waals surface area contributed by atoms with Gasteiger partial charge in [0.2, 0.25) is 0 Å². The molecule has 0 amide bonds. The van der Waals surface area contributed by atoms with Gasteiger partial charge in [-0.15, -0.1) is 0 Å². The minimum atomic E-state index is -0.806. The Kier molecular flexibility index (Phi) is 6.08. The molecule has 3 rings (SSSR count). The molecule has 0 aromatic carbocycles. The van der Waals surface area contributed by atoms with Gasteiger partial charge in [0.1, 0.15) is 0 Å². The van der Waals surface area contributed by atoms with Crippen LogP contribution < -0.4 is 0 Å². The summed E-state index contributed by atoms with van der Waals surface area (Å²) in [7, 11) is 1.63. The second kappa shape index (κ2) is 8.50. The van der Waals surface area contributed by atoms with Crippen LogP contribution >= 0.6 is 11.6 Å². The van der Waals surface area contributed by atoms with E-state index in [1.807, 2.05) is 16.6 Å². The van der Waals surface area contributed by atoms with E-state index in [2.05, 4.69) is 18.0 Å². The third kappa shape index (κ3) is 4.12. The van der Waals surface area contributed by atoms with Crippen molar-refractivity contribution in [2.24, 2.45) is 0 Å². The van der Waals surface area contributed by atoms with Gasteiger partial charge < -0.3 is 9.84 Å². The van der Waals surface area contributed by atoms with Crippen LogP contribution in [0.1, 0.15) is 36.7 Å². The normalized spacial score (nSPS) is 11.2. The van der Waals surface area contributed by atoms with Gasteiger partial charge >= 0.3 is 5.97 Å². The number of fused-ring (bicyclic) bond motifs is 1. The van der Waals surface area contributed by atoms with Gasteiger partial charge in [0.25, 0.3) is 0 Å². The van der Waals surface area contributed by atoms with Crippen LogP contribution in [0.15, 0.2) is 30.6 Å². The van der Waals surface area contributed by atoms with Crippen molar-refractivity contribution in [3.63, 3.8) is 0 Å². The predicted molar refractivity (Wildman–Crippen MR) is 104 cm³/mol. The zero-order valence-electron chi connectivity index (χ0n) is 15.4. The largest absolute Gasteiger partial charge is 0.481 e. The fourth-order valence-electron chi connectivity index (χ4n) is 3.34. The fraction of sp³-hybridized carbons (Fsp3) is 0.350. The molecule has 142 valence electrons. The van der Waals surface area contributed by atoms with E-state index in [-0.39, 0.29) is 6.42 Å². The van der Waals surface area contributed by atoms with E-state index in [1.54, 1.807) is 19.5 Å². The second-order valence-corrected chi connectivity index (χ2v) is 6.78. The predicted octanol–water partition coefficient (Wildman–Crippen LogP) is 4.17. The molecule has 1 N–H and O–H groups in total. The molecule has 3 heterocycles. The highest BCUT2D eigenvalue weighted by molar-refractivity contribution is 6.30. The van der Waals surface area contributed by atoms with Crippen LogP contribution in [0.25, 0.3) is 16.6 Å². The van der Waals surface area contributed by atoms with Gasteiger partial charge in [-0.2, -0.15) is 5.10 Å². The van der Waals surface area contributed by atoms with Crippen LogP contribution in [0.4, 0.5) is 0 Å². The summed E-state index contributed by atoms with van der Waals surface area (Å²) in [6.07, 6.45) is 5.43. The molecular weight excluding hydrogens is 366 g/mol. The fourth-order valence-corrected chi connectivity index (χ4v) is 3.51. The van der Waals surface area contributed by atoms with Crippen molar-refractivity contribution in [3.05, 3.63) is 52.6 Å². The Hall–Kier alpha value is -2.44. The van der Waals surface area contributed by atoms with Gasteiger partial charge in [-0.3, -0.25) is 9.78 Å². The lowest BCUT2D eigenvalue weighted by molar-refractivity contribution is -0.137. The molecule has 0 bridgehead atoms. The van der Waals surface area contributed by atoms with Crippen molar-refractivity contribution in [2.45, 2.75) is 39.2 Å². The highest BCUT2D eigenvalue weighted by atomic mass is 35.5. The van der Waals surface area contributed by atoms with Crippen molar-refractivity contribution in [2.75, 3.05) is 7.11 Å². The van der Waals surface area contributed by atoms with Gasteiger partial charge in [-0.1, -0.05) is 18.5 Å². The highest BCUT2D eigenvalue weighted by Gasteiger charge is 2.19. The molecule has 3 aromatic rings. The van der Waals surface area contributed by atoms with Crippen LogP contribution in [-0.4, -0.2) is 32.8 Å². The zero-order valence-corrected chi connectivity index (χ0v) is 16.2. The number of hydrogen-bond acceptors (Lipinski definition) is 4. The Balaban J connectivity index is 2.25. The summed E-state index contributed by atoms with van der Waals surface area (Å²) >= 11 is 6.19. The number of carboxylic acids is 1. The molecule has 0 spiro atoms. The van der Waals surface area contributed by atoms with Crippen molar-refractivity contribution in [1.82, 2.24) is 14.6 Å². The monoisotopic (exact) mass is 387 g/mol. The van der Waals surface area contributed by atoms with E-state index in [4.69, 9.17) is 26.5 Å². The van der Waals surface area contributed by atoms with Gasteiger partial charge in [0, 0.05) is 42.7 Å². The standard InChI is InChI=1S/C20H22ClN3O3/c1-3-15-7-8-18-20(13-9-14(21)11-22-10-13)16(5-4-6-19(25)26)17(12-27-2)23-24(15)18/h7-11H,3-6,12H2,1-2H3,(H,25,26). The van der Waals surface area contributed by atoms with Crippen molar-refractivity contribution < 1.29 is 14.6 Å². The lowest BCUT2D eigenvalue weighted by atomic mass is 9.95. The number of aliphatic carboxylic acids is 1. The molecule has 0 saturated carbocycles. The van der Waals surface area contributed by atoms with Crippen LogP contribution in [0.5, 0.6) is 0 Å². The van der Waals surface area contributed by atoms with Crippen molar-refractivity contribution in [1.29, 1.82) is 0 Å². The van der Waals surface area contributed by atoms with Gasteiger partial charge in [-0.05, 0) is 43.0 Å². The maximum atomic E-state index is 11.0. The van der Waals surface area contributed by atoms with E-state index in [0.717, 1.165) is 40.0 Å². The first kappa shape index (κ1) is 19.3. The van der Waals surface area contributed by atoms with Crippen LogP contribution in [0.2, 0.25) is 5.02 Å². The summed E-state index contributed by atoms with van der Waals surface area (Å²) in [6.45, 7) is 2.43. The number of nitrogens with zero attached hydrogens (tertiary/aromatic N) is 3. The SMILES string of the molecule is CCc1ccc2c(-c3cncc(Cl)c3)c(CCCC(=O)O)c(COC)nn12. The molecule has 0 atom stereocenters. The van der Waals surface area contributed by atoms with Crippen LogP contribution in [-0.2, 0) is 29.0 Å². The molecule has 0 aliphatic rings. The number of ether oxygens (including phenoxy) is 1. The Bertz CT molecular complexity index is 969. The van der Waals surface area contributed by atoms with Crippen LogP contribution in [0.3, 0.4) is 0 Å². The number of halogens is 1. The van der Waals surface area contributed by atoms with E-state index >= 15 is 0 Å². The summed E-state index contributed by atoms with van der Waals surface area (Å²) in [5.74, 6) is -0.806. The van der Waals surface area contributed by atoms with Gasteiger partial charge in [-0.25, -0.2) is 4.52 Å². The Morgan fingerprint density at radius 3 is 2.81 bits per heavy atom. The molecule has 0 unspecified atom stereocenters. The lowest BCUT2D eigenvalue weighted by Gasteiger charge is -2.17. The Morgan fingerprint density at radius 1 is 1.33 bits per heavy atom. The summed E-state index contributed by atoms with van der Waals surface area (Å²) in [4.78, 5) is 15.2. The average molecular weight is 388 g/mol. The molecule has 0 radical (unpaired) electrons. The first-order valence-electron chi connectivity index (χ1n) is 8.89. The minimum Gasteiger partial charge on any atom is -0.481 e. The number of aryl methyl sites for hydroxylation is 1. The average Bonchev–Trinajstić information content (AvgIpc) is 3.04. The molecule has 27 heavy (non-hydrogen) atoms. The number of aromatic nitrogens is 3. The molecule has 0 saturated heterocycles. The topological polar surface area (TPSA) is 76.7 Å². The van der Waals surface area contributed by atoms with Crippen molar-refractivity contribution in [3.8, 4) is 11.1 Å². The molecule has 0 fully saturated rings. The summed E-state index contributed by atoms with van der Waals surface area (Å²) < 4.78 is 7.31. The number of rotatable bonds is 8. The van der Waals surface area contributed by atoms with E-state index in [1.165, 1.54) is 0 Å².